The van der Waals surface area contributed by atoms with Gasteiger partial charge in [0.25, 0.3) is 0 Å². The minimum absolute atomic E-state index is 0.0396. The van der Waals surface area contributed by atoms with Crippen molar-refractivity contribution in [3.05, 3.63) is 89.1 Å². The van der Waals surface area contributed by atoms with E-state index in [2.05, 4.69) is 6.07 Å². The predicted octanol–water partition coefficient (Wildman–Crippen LogP) is 5.68. The van der Waals surface area contributed by atoms with E-state index in [1.54, 1.807) is 11.3 Å². The van der Waals surface area contributed by atoms with E-state index in [9.17, 15) is 4.79 Å². The van der Waals surface area contributed by atoms with E-state index >= 15 is 0 Å². The molecule has 0 atom stereocenters. The van der Waals surface area contributed by atoms with Crippen LogP contribution in [0.3, 0.4) is 0 Å². The molecular formula is C23H16N2OS. The van der Waals surface area contributed by atoms with Crippen LogP contribution in [0.5, 0.6) is 0 Å². The molecule has 1 heterocycles. The lowest BCUT2D eigenvalue weighted by atomic mass is 10.0. The Kier molecular flexibility index (Phi) is 3.66. The van der Waals surface area contributed by atoms with Gasteiger partial charge in [0.2, 0.25) is 5.43 Å². The molecule has 0 N–H and O–H groups in total. The molecule has 1 aliphatic carbocycles. The maximum atomic E-state index is 13.4. The molecule has 0 amide bonds. The third-order valence-electron chi connectivity index (χ3n) is 4.86. The Morgan fingerprint density at radius 2 is 1.48 bits per heavy atom. The van der Waals surface area contributed by atoms with Gasteiger partial charge in [0.1, 0.15) is 5.69 Å². The van der Waals surface area contributed by atoms with Crippen molar-refractivity contribution >= 4 is 43.7 Å². The van der Waals surface area contributed by atoms with Crippen molar-refractivity contribution in [1.82, 2.24) is 4.98 Å². The van der Waals surface area contributed by atoms with Crippen molar-refractivity contribution in [2.45, 2.75) is 0 Å². The molecule has 0 bridgehead atoms. The molecule has 2 aliphatic rings. The molecule has 0 unspecified atom stereocenters. The first-order valence-corrected chi connectivity index (χ1v) is 9.59. The lowest BCUT2D eigenvalue weighted by Crippen LogP contribution is -2.20. The molecular weight excluding hydrogens is 352 g/mol. The summed E-state index contributed by atoms with van der Waals surface area (Å²) in [5.41, 5.74) is 3.53. The van der Waals surface area contributed by atoms with Gasteiger partial charge in [-0.15, -0.1) is 11.3 Å². The molecule has 130 valence electrons. The Hall–Kier alpha value is -3.24. The van der Waals surface area contributed by atoms with E-state index in [1.807, 2.05) is 84.7 Å². The van der Waals surface area contributed by atoms with E-state index < -0.39 is 0 Å². The van der Waals surface area contributed by atoms with Crippen molar-refractivity contribution < 1.29 is 0 Å². The van der Waals surface area contributed by atoms with Gasteiger partial charge in [0.15, 0.2) is 0 Å². The molecule has 0 saturated heterocycles. The highest BCUT2D eigenvalue weighted by atomic mass is 32.1. The summed E-state index contributed by atoms with van der Waals surface area (Å²) in [7, 11) is 1.95. The summed E-state index contributed by atoms with van der Waals surface area (Å²) in [5.74, 6) is 0. The van der Waals surface area contributed by atoms with Crippen LogP contribution in [0.4, 0.5) is 11.4 Å². The molecule has 3 aromatic carbocycles. The van der Waals surface area contributed by atoms with Gasteiger partial charge in [0, 0.05) is 23.5 Å². The number of para-hydroxylation sites is 2. The highest BCUT2D eigenvalue weighted by Crippen LogP contribution is 2.41. The molecule has 1 aliphatic heterocycles. The molecule has 27 heavy (non-hydrogen) atoms. The number of hydrogen-bond donors (Lipinski definition) is 0. The minimum atomic E-state index is 0.0396. The van der Waals surface area contributed by atoms with E-state index in [-0.39, 0.29) is 5.43 Å². The summed E-state index contributed by atoms with van der Waals surface area (Å²) in [5, 5.41) is 1.61. The largest absolute Gasteiger partial charge is 0.340 e. The van der Waals surface area contributed by atoms with E-state index in [0.29, 0.717) is 11.1 Å². The Labute approximate surface area is 160 Å². The summed E-state index contributed by atoms with van der Waals surface area (Å²) < 4.78 is 1.07. The maximum absolute atomic E-state index is 13.4. The molecule has 0 fully saturated rings. The van der Waals surface area contributed by atoms with Gasteiger partial charge in [0.05, 0.1) is 20.8 Å². The van der Waals surface area contributed by atoms with Gasteiger partial charge in [-0.2, -0.15) is 0 Å². The van der Waals surface area contributed by atoms with Gasteiger partial charge in [-0.25, -0.2) is 4.98 Å². The Morgan fingerprint density at radius 1 is 0.815 bits per heavy atom. The van der Waals surface area contributed by atoms with E-state index in [4.69, 9.17) is 4.98 Å². The summed E-state index contributed by atoms with van der Waals surface area (Å²) in [6.45, 7) is 0. The van der Waals surface area contributed by atoms with Gasteiger partial charge in [-0.3, -0.25) is 4.79 Å². The summed E-state index contributed by atoms with van der Waals surface area (Å²) in [6, 6.07) is 25.8. The Morgan fingerprint density at radius 3 is 2.30 bits per heavy atom. The van der Waals surface area contributed by atoms with Crippen LogP contribution in [0, 0.1) is 0 Å². The third-order valence-corrected chi connectivity index (χ3v) is 6.02. The zero-order valence-electron chi connectivity index (χ0n) is 14.7. The number of aromatic nitrogens is 1. The fourth-order valence-corrected chi connectivity index (χ4v) is 4.68. The lowest BCUT2D eigenvalue weighted by molar-refractivity contribution is 1.20. The van der Waals surface area contributed by atoms with Gasteiger partial charge >= 0.3 is 0 Å². The second-order valence-corrected chi connectivity index (χ2v) is 7.53. The smallest absolute Gasteiger partial charge is 0.211 e. The number of benzene rings is 4. The van der Waals surface area contributed by atoms with Gasteiger partial charge in [-0.05, 0) is 24.3 Å². The normalized spacial score (nSPS) is 11.3. The zero-order valence-corrected chi connectivity index (χ0v) is 15.5. The first-order chi connectivity index (χ1) is 13.2. The molecule has 0 spiro atoms. The third kappa shape index (κ3) is 2.49. The summed E-state index contributed by atoms with van der Waals surface area (Å²) in [4.78, 5) is 21.3. The first-order valence-electron chi connectivity index (χ1n) is 8.77. The van der Waals surface area contributed by atoms with Crippen molar-refractivity contribution in [2.24, 2.45) is 0 Å². The predicted molar refractivity (Wildman–Crippen MR) is 115 cm³/mol. The fourth-order valence-electron chi connectivity index (χ4n) is 3.51. The molecule has 3 nitrogen and oxygen atoms in total. The Bertz CT molecular complexity index is 1310. The van der Waals surface area contributed by atoms with Crippen LogP contribution >= 0.6 is 11.3 Å². The van der Waals surface area contributed by atoms with Crippen molar-refractivity contribution in [3.63, 3.8) is 0 Å². The van der Waals surface area contributed by atoms with Crippen molar-refractivity contribution in [2.75, 3.05) is 11.9 Å². The average Bonchev–Trinajstić information content (AvgIpc) is 2.73. The van der Waals surface area contributed by atoms with Crippen molar-refractivity contribution in [1.29, 1.82) is 0 Å². The van der Waals surface area contributed by atoms with Gasteiger partial charge in [-0.1, -0.05) is 54.6 Å². The number of hydrogen-bond acceptors (Lipinski definition) is 4. The monoisotopic (exact) mass is 368 g/mol. The minimum Gasteiger partial charge on any atom is -0.340 e. The number of rotatable bonds is 2. The second kappa shape index (κ2) is 6.18. The molecule has 5 rings (SSSR count). The van der Waals surface area contributed by atoms with Crippen molar-refractivity contribution in [3.8, 4) is 10.6 Å². The SMILES string of the molecule is CN(c1ccccc1)c1c2sc3ccccc3nc-2c2ccccc2c1=O. The highest BCUT2D eigenvalue weighted by Gasteiger charge is 2.23. The maximum Gasteiger partial charge on any atom is 0.211 e. The summed E-state index contributed by atoms with van der Waals surface area (Å²) in [6.07, 6.45) is 0. The lowest BCUT2D eigenvalue weighted by Gasteiger charge is -2.23. The number of nitrogens with zero attached hydrogens (tertiary/aromatic N) is 2. The van der Waals surface area contributed by atoms with Crippen LogP contribution in [0.25, 0.3) is 31.6 Å². The van der Waals surface area contributed by atoms with E-state index in [0.717, 1.165) is 31.9 Å². The molecule has 0 aromatic heterocycles. The topological polar surface area (TPSA) is 33.2 Å². The molecule has 3 aromatic rings. The molecule has 4 heteroatoms. The number of anilines is 2. The number of fused-ring (bicyclic) bond motifs is 4. The average molecular weight is 368 g/mol. The molecule has 0 saturated carbocycles. The van der Waals surface area contributed by atoms with Crippen LogP contribution in [-0.4, -0.2) is 12.0 Å². The zero-order chi connectivity index (χ0) is 18.4. The highest BCUT2D eigenvalue weighted by molar-refractivity contribution is 7.22. The van der Waals surface area contributed by atoms with Crippen LogP contribution < -0.4 is 10.3 Å². The second-order valence-electron chi connectivity index (χ2n) is 6.48. The summed E-state index contributed by atoms with van der Waals surface area (Å²) >= 11 is 1.63. The fraction of sp³-hybridized carbons (Fsp3) is 0.0435. The van der Waals surface area contributed by atoms with Gasteiger partial charge < -0.3 is 4.90 Å². The molecule has 0 radical (unpaired) electrons. The van der Waals surface area contributed by atoms with Crippen LogP contribution in [0.15, 0.2) is 83.7 Å². The first kappa shape index (κ1) is 16.0. The standard InChI is InChI=1S/C23H16N2OS/c1-25(15-9-3-2-4-10-15)21-22(26)17-12-6-5-11-16(17)20-23(21)27-19-14-8-7-13-18(19)24-20/h2-14H,1H3. The van der Waals surface area contributed by atoms with E-state index in [1.165, 1.54) is 0 Å². The Balaban J connectivity index is 1.95. The quantitative estimate of drug-likeness (QED) is 0.297. The van der Waals surface area contributed by atoms with Crippen LogP contribution in [-0.2, 0) is 0 Å². The van der Waals surface area contributed by atoms with Crippen LogP contribution in [0.1, 0.15) is 0 Å². The van der Waals surface area contributed by atoms with Crippen LogP contribution in [0.2, 0.25) is 0 Å².